The van der Waals surface area contributed by atoms with E-state index in [4.69, 9.17) is 4.74 Å². The summed E-state index contributed by atoms with van der Waals surface area (Å²) in [7, 11) is 0. The third-order valence-electron chi connectivity index (χ3n) is 7.21. The van der Waals surface area contributed by atoms with Gasteiger partial charge in [-0.3, -0.25) is 24.2 Å². The van der Waals surface area contributed by atoms with Crippen molar-refractivity contribution in [2.24, 2.45) is 0 Å². The van der Waals surface area contributed by atoms with Crippen LogP contribution < -0.4 is 4.74 Å². The SMILES string of the molecule is O=C(c1cccc(CN2C(=O)c3ccccc3C2=O)c1)N1CCN(Cc2ccc3c(c2)CCO3)CC1. The first kappa shape index (κ1) is 22.5. The Morgan fingerprint density at radius 1 is 0.778 bits per heavy atom. The average Bonchev–Trinajstić information content (AvgIpc) is 3.47. The van der Waals surface area contributed by atoms with E-state index in [1.165, 1.54) is 16.0 Å². The van der Waals surface area contributed by atoms with Crippen LogP contribution in [0.5, 0.6) is 5.75 Å². The van der Waals surface area contributed by atoms with Crippen LogP contribution in [0.15, 0.2) is 66.7 Å². The molecule has 0 bridgehead atoms. The molecule has 7 heteroatoms. The Morgan fingerprint density at radius 2 is 1.50 bits per heavy atom. The first-order valence-corrected chi connectivity index (χ1v) is 12.4. The molecule has 3 aromatic rings. The lowest BCUT2D eigenvalue weighted by Gasteiger charge is -2.35. The van der Waals surface area contributed by atoms with E-state index in [0.29, 0.717) is 29.8 Å². The Hall–Kier alpha value is -3.97. The molecule has 182 valence electrons. The molecule has 0 aliphatic carbocycles. The number of fused-ring (bicyclic) bond motifs is 2. The number of ether oxygens (including phenoxy) is 1. The molecule has 6 rings (SSSR count). The molecule has 1 saturated heterocycles. The minimum Gasteiger partial charge on any atom is -0.493 e. The molecule has 0 saturated carbocycles. The van der Waals surface area contributed by atoms with Crippen molar-refractivity contribution in [2.75, 3.05) is 32.8 Å². The summed E-state index contributed by atoms with van der Waals surface area (Å²) in [5.41, 5.74) is 4.76. The monoisotopic (exact) mass is 481 g/mol. The summed E-state index contributed by atoms with van der Waals surface area (Å²) in [5, 5.41) is 0. The number of amides is 3. The van der Waals surface area contributed by atoms with Crippen LogP contribution >= 0.6 is 0 Å². The number of nitrogens with zero attached hydrogens (tertiary/aromatic N) is 3. The van der Waals surface area contributed by atoms with E-state index in [1.54, 1.807) is 36.4 Å². The third-order valence-corrected chi connectivity index (χ3v) is 7.21. The lowest BCUT2D eigenvalue weighted by atomic mass is 10.1. The van der Waals surface area contributed by atoms with Crippen LogP contribution in [-0.4, -0.2) is 65.2 Å². The molecule has 3 aromatic carbocycles. The van der Waals surface area contributed by atoms with Crippen molar-refractivity contribution in [2.45, 2.75) is 19.5 Å². The van der Waals surface area contributed by atoms with Crippen molar-refractivity contribution in [3.63, 3.8) is 0 Å². The standard InChI is InChI=1S/C29H27N3O4/c33-27(31-13-11-30(12-14-31)18-21-8-9-26-22(16-21)10-15-36-26)23-5-3-4-20(17-23)19-32-28(34)24-6-1-2-7-25(24)29(32)35/h1-9,16-17H,10-15,18-19H2. The number of rotatable bonds is 5. The van der Waals surface area contributed by atoms with Crippen molar-refractivity contribution < 1.29 is 19.1 Å². The fourth-order valence-electron chi connectivity index (χ4n) is 5.26. The van der Waals surface area contributed by atoms with Crippen LogP contribution in [-0.2, 0) is 19.5 Å². The highest BCUT2D eigenvalue weighted by atomic mass is 16.5. The van der Waals surface area contributed by atoms with Crippen LogP contribution in [0.3, 0.4) is 0 Å². The number of carbonyl (C=O) groups is 3. The lowest BCUT2D eigenvalue weighted by molar-refractivity contribution is 0.0626. The van der Waals surface area contributed by atoms with E-state index in [9.17, 15) is 14.4 Å². The van der Waals surface area contributed by atoms with Crippen molar-refractivity contribution in [1.82, 2.24) is 14.7 Å². The molecule has 3 heterocycles. The van der Waals surface area contributed by atoms with Gasteiger partial charge in [0.25, 0.3) is 17.7 Å². The zero-order chi connectivity index (χ0) is 24.6. The zero-order valence-corrected chi connectivity index (χ0v) is 20.0. The maximum absolute atomic E-state index is 13.2. The molecule has 0 N–H and O–H groups in total. The van der Waals surface area contributed by atoms with Gasteiger partial charge in [-0.25, -0.2) is 0 Å². The summed E-state index contributed by atoms with van der Waals surface area (Å²) in [5.74, 6) is 0.395. The summed E-state index contributed by atoms with van der Waals surface area (Å²) in [6.45, 7) is 4.73. The highest BCUT2D eigenvalue weighted by molar-refractivity contribution is 6.21. The Kier molecular flexibility index (Phi) is 5.77. The van der Waals surface area contributed by atoms with Gasteiger partial charge in [-0.2, -0.15) is 0 Å². The Labute approximate surface area is 209 Å². The molecule has 0 spiro atoms. The van der Waals surface area contributed by atoms with E-state index in [0.717, 1.165) is 44.0 Å². The average molecular weight is 482 g/mol. The van der Waals surface area contributed by atoms with E-state index in [2.05, 4.69) is 23.1 Å². The van der Waals surface area contributed by atoms with Gasteiger partial charge in [0.2, 0.25) is 0 Å². The van der Waals surface area contributed by atoms with Crippen molar-refractivity contribution in [3.05, 3.63) is 100 Å². The zero-order valence-electron chi connectivity index (χ0n) is 20.0. The van der Waals surface area contributed by atoms with Gasteiger partial charge in [0.05, 0.1) is 24.3 Å². The molecule has 0 unspecified atom stereocenters. The number of hydrogen-bond donors (Lipinski definition) is 0. The van der Waals surface area contributed by atoms with Crippen molar-refractivity contribution in [3.8, 4) is 5.75 Å². The van der Waals surface area contributed by atoms with Crippen LogP contribution in [0.25, 0.3) is 0 Å². The molecule has 3 aliphatic heterocycles. The Balaban J connectivity index is 1.07. The molecule has 0 atom stereocenters. The predicted molar refractivity (Wildman–Crippen MR) is 134 cm³/mol. The topological polar surface area (TPSA) is 70.2 Å². The number of carbonyl (C=O) groups excluding carboxylic acids is 3. The first-order chi connectivity index (χ1) is 17.6. The maximum Gasteiger partial charge on any atom is 0.261 e. The lowest BCUT2D eigenvalue weighted by Crippen LogP contribution is -2.48. The van der Waals surface area contributed by atoms with Crippen LogP contribution in [0.1, 0.15) is 47.8 Å². The summed E-state index contributed by atoms with van der Waals surface area (Å²) in [6, 6.07) is 20.5. The molecule has 36 heavy (non-hydrogen) atoms. The molecular formula is C29H27N3O4. The largest absolute Gasteiger partial charge is 0.493 e. The maximum atomic E-state index is 13.2. The molecule has 3 aliphatic rings. The molecule has 0 aromatic heterocycles. The van der Waals surface area contributed by atoms with E-state index >= 15 is 0 Å². The van der Waals surface area contributed by atoms with Gasteiger partial charge in [0, 0.05) is 44.7 Å². The second kappa shape index (κ2) is 9.24. The third kappa shape index (κ3) is 4.16. The van der Waals surface area contributed by atoms with Crippen molar-refractivity contribution >= 4 is 17.7 Å². The minimum absolute atomic E-state index is 0.0199. The van der Waals surface area contributed by atoms with Gasteiger partial charge < -0.3 is 9.64 Å². The summed E-state index contributed by atoms with van der Waals surface area (Å²) < 4.78 is 5.60. The second-order valence-electron chi connectivity index (χ2n) is 9.55. The smallest absolute Gasteiger partial charge is 0.261 e. The van der Waals surface area contributed by atoms with E-state index < -0.39 is 0 Å². The molecular weight excluding hydrogens is 454 g/mol. The molecule has 1 fully saturated rings. The number of piperazine rings is 1. The van der Waals surface area contributed by atoms with Crippen LogP contribution in [0, 0.1) is 0 Å². The van der Waals surface area contributed by atoms with Crippen molar-refractivity contribution in [1.29, 1.82) is 0 Å². The predicted octanol–water partition coefficient (Wildman–Crippen LogP) is 3.38. The highest BCUT2D eigenvalue weighted by Crippen LogP contribution is 2.27. The molecule has 3 amide bonds. The quantitative estimate of drug-likeness (QED) is 0.523. The number of benzene rings is 3. The van der Waals surface area contributed by atoms with Gasteiger partial charge in [0.1, 0.15) is 5.75 Å². The van der Waals surface area contributed by atoms with Gasteiger partial charge in [0.15, 0.2) is 0 Å². The first-order valence-electron chi connectivity index (χ1n) is 12.4. The summed E-state index contributed by atoms with van der Waals surface area (Å²) in [6.07, 6.45) is 0.970. The highest BCUT2D eigenvalue weighted by Gasteiger charge is 2.35. The van der Waals surface area contributed by atoms with Gasteiger partial charge in [-0.15, -0.1) is 0 Å². The number of hydrogen-bond acceptors (Lipinski definition) is 5. The van der Waals surface area contributed by atoms with Crippen LogP contribution in [0.4, 0.5) is 0 Å². The van der Waals surface area contributed by atoms with Gasteiger partial charge >= 0.3 is 0 Å². The fourth-order valence-corrected chi connectivity index (χ4v) is 5.26. The molecule has 0 radical (unpaired) electrons. The second-order valence-corrected chi connectivity index (χ2v) is 9.55. The number of imide groups is 1. The Morgan fingerprint density at radius 3 is 2.25 bits per heavy atom. The van der Waals surface area contributed by atoms with Gasteiger partial charge in [-0.05, 0) is 47.0 Å². The van der Waals surface area contributed by atoms with Crippen LogP contribution in [0.2, 0.25) is 0 Å². The minimum atomic E-state index is -0.292. The fraction of sp³-hybridized carbons (Fsp3) is 0.276. The van der Waals surface area contributed by atoms with E-state index in [-0.39, 0.29) is 24.3 Å². The summed E-state index contributed by atoms with van der Waals surface area (Å²) in [4.78, 5) is 44.2. The Bertz CT molecular complexity index is 1330. The summed E-state index contributed by atoms with van der Waals surface area (Å²) >= 11 is 0. The molecule has 7 nitrogen and oxygen atoms in total. The normalized spacial score (nSPS) is 17.2. The van der Waals surface area contributed by atoms with E-state index in [1.807, 2.05) is 17.0 Å². The van der Waals surface area contributed by atoms with Gasteiger partial charge in [-0.1, -0.05) is 36.4 Å².